The number of benzene rings is 1. The molecule has 0 unspecified atom stereocenters. The van der Waals surface area contributed by atoms with Gasteiger partial charge in [0.1, 0.15) is 5.75 Å². The summed E-state index contributed by atoms with van der Waals surface area (Å²) in [6.45, 7) is 3.38. The minimum Gasteiger partial charge on any atom is -0.507 e. The van der Waals surface area contributed by atoms with Gasteiger partial charge in [-0.1, -0.05) is 6.92 Å². The number of rotatable bonds is 2. The second-order valence-corrected chi connectivity index (χ2v) is 4.50. The van der Waals surface area contributed by atoms with Crippen LogP contribution < -0.4 is 0 Å². The van der Waals surface area contributed by atoms with E-state index in [2.05, 4.69) is 0 Å². The fraction of sp³-hybridized carbons (Fsp3) is 0.333. The highest BCUT2D eigenvalue weighted by Gasteiger charge is 2.13. The van der Waals surface area contributed by atoms with Gasteiger partial charge in [-0.2, -0.15) is 8.42 Å². The van der Waals surface area contributed by atoms with Gasteiger partial charge in [0.05, 0.1) is 4.90 Å². The van der Waals surface area contributed by atoms with Gasteiger partial charge in [-0.15, -0.1) is 0 Å². The van der Waals surface area contributed by atoms with Gasteiger partial charge < -0.3 is 5.11 Å². The largest absolute Gasteiger partial charge is 0.507 e. The second-order valence-electron chi connectivity index (χ2n) is 3.08. The van der Waals surface area contributed by atoms with E-state index in [1.54, 1.807) is 13.8 Å². The quantitative estimate of drug-likeness (QED) is 0.735. The molecule has 2 N–H and O–H groups in total. The van der Waals surface area contributed by atoms with Crippen LogP contribution >= 0.6 is 0 Å². The number of aromatic hydroxyl groups is 1. The van der Waals surface area contributed by atoms with Crippen LogP contribution in [0, 0.1) is 6.92 Å². The molecule has 5 heteroatoms. The van der Waals surface area contributed by atoms with Crippen molar-refractivity contribution in [3.8, 4) is 5.75 Å². The van der Waals surface area contributed by atoms with Gasteiger partial charge in [0, 0.05) is 0 Å². The average molecular weight is 216 g/mol. The first kappa shape index (κ1) is 11.0. The minimum atomic E-state index is -4.19. The summed E-state index contributed by atoms with van der Waals surface area (Å²) >= 11 is 0. The Hall–Kier alpha value is -1.07. The third kappa shape index (κ3) is 2.05. The van der Waals surface area contributed by atoms with Crippen LogP contribution in [-0.4, -0.2) is 18.1 Å². The Balaban J connectivity index is 3.46. The predicted octanol–water partition coefficient (Wildman–Crippen LogP) is 1.51. The summed E-state index contributed by atoms with van der Waals surface area (Å²) in [7, 11) is -4.19. The molecule has 0 saturated carbocycles. The molecule has 0 amide bonds. The number of aryl methyl sites for hydroxylation is 2. The zero-order chi connectivity index (χ0) is 10.9. The van der Waals surface area contributed by atoms with E-state index < -0.39 is 10.1 Å². The molecular formula is C9H12O4S. The Morgan fingerprint density at radius 3 is 2.36 bits per heavy atom. The highest BCUT2D eigenvalue weighted by molar-refractivity contribution is 7.85. The van der Waals surface area contributed by atoms with Crippen LogP contribution in [-0.2, 0) is 16.5 Å². The lowest BCUT2D eigenvalue weighted by Crippen LogP contribution is -2.00. The average Bonchev–Trinajstić information content (AvgIpc) is 2.07. The Kier molecular flexibility index (Phi) is 2.82. The molecule has 0 aliphatic heterocycles. The topological polar surface area (TPSA) is 74.6 Å². The van der Waals surface area contributed by atoms with Gasteiger partial charge >= 0.3 is 0 Å². The number of phenolic OH excluding ortho intramolecular Hbond substituents is 1. The van der Waals surface area contributed by atoms with E-state index in [9.17, 15) is 13.5 Å². The van der Waals surface area contributed by atoms with Crippen molar-refractivity contribution in [2.45, 2.75) is 25.2 Å². The number of hydrogen-bond donors (Lipinski definition) is 2. The van der Waals surface area contributed by atoms with Crippen molar-refractivity contribution in [1.29, 1.82) is 0 Å². The molecule has 0 atom stereocenters. The molecule has 0 bridgehead atoms. The van der Waals surface area contributed by atoms with E-state index in [4.69, 9.17) is 4.55 Å². The van der Waals surface area contributed by atoms with Crippen LogP contribution in [0.5, 0.6) is 5.75 Å². The van der Waals surface area contributed by atoms with Gasteiger partial charge in [-0.25, -0.2) is 0 Å². The highest BCUT2D eigenvalue weighted by atomic mass is 32.2. The first-order valence-electron chi connectivity index (χ1n) is 4.16. The van der Waals surface area contributed by atoms with E-state index >= 15 is 0 Å². The molecule has 1 rings (SSSR count). The van der Waals surface area contributed by atoms with Crippen LogP contribution in [0.25, 0.3) is 0 Å². The van der Waals surface area contributed by atoms with Crippen molar-refractivity contribution >= 4 is 10.1 Å². The lowest BCUT2D eigenvalue weighted by molar-refractivity contribution is 0.462. The summed E-state index contributed by atoms with van der Waals surface area (Å²) in [4.78, 5) is -0.176. The maximum atomic E-state index is 10.8. The van der Waals surface area contributed by atoms with Crippen molar-refractivity contribution in [3.63, 3.8) is 0 Å². The molecule has 0 saturated heterocycles. The molecule has 0 fully saturated rings. The summed E-state index contributed by atoms with van der Waals surface area (Å²) in [6, 6.07) is 2.52. The van der Waals surface area contributed by atoms with Crippen molar-refractivity contribution in [3.05, 3.63) is 23.3 Å². The summed E-state index contributed by atoms with van der Waals surface area (Å²) in [6.07, 6.45) is 0.510. The standard InChI is InChI=1S/C9H12O4S/c1-3-7-5-8(14(11,12)13)4-6(2)9(7)10/h4-5,10H,3H2,1-2H3,(H,11,12,13). The molecule has 0 aromatic heterocycles. The van der Waals surface area contributed by atoms with E-state index in [0.29, 0.717) is 17.5 Å². The van der Waals surface area contributed by atoms with Gasteiger partial charge in [-0.3, -0.25) is 4.55 Å². The summed E-state index contributed by atoms with van der Waals surface area (Å²) < 4.78 is 30.5. The Morgan fingerprint density at radius 2 is 1.93 bits per heavy atom. The third-order valence-corrected chi connectivity index (χ3v) is 2.86. The molecule has 78 valence electrons. The molecule has 1 aromatic carbocycles. The van der Waals surface area contributed by atoms with Crippen LogP contribution in [0.15, 0.2) is 17.0 Å². The van der Waals surface area contributed by atoms with Crippen molar-refractivity contribution in [1.82, 2.24) is 0 Å². The molecule has 0 aliphatic carbocycles. The van der Waals surface area contributed by atoms with E-state index in [1.165, 1.54) is 12.1 Å². The molecule has 0 spiro atoms. The zero-order valence-corrected chi connectivity index (χ0v) is 8.80. The number of phenols is 1. The van der Waals surface area contributed by atoms with Gasteiger partial charge in [0.2, 0.25) is 0 Å². The van der Waals surface area contributed by atoms with Crippen LogP contribution in [0.2, 0.25) is 0 Å². The van der Waals surface area contributed by atoms with Gasteiger partial charge in [0.15, 0.2) is 0 Å². The fourth-order valence-electron chi connectivity index (χ4n) is 1.24. The smallest absolute Gasteiger partial charge is 0.294 e. The Bertz CT molecular complexity index is 448. The van der Waals surface area contributed by atoms with Crippen molar-refractivity contribution in [2.75, 3.05) is 0 Å². The van der Waals surface area contributed by atoms with Crippen LogP contribution in [0.1, 0.15) is 18.1 Å². The van der Waals surface area contributed by atoms with Crippen LogP contribution in [0.4, 0.5) is 0 Å². The molecule has 0 aliphatic rings. The molecule has 14 heavy (non-hydrogen) atoms. The molecule has 1 aromatic rings. The summed E-state index contributed by atoms with van der Waals surface area (Å²) in [5, 5.41) is 9.51. The fourth-order valence-corrected chi connectivity index (χ4v) is 1.85. The lowest BCUT2D eigenvalue weighted by atomic mass is 10.1. The monoisotopic (exact) mass is 216 g/mol. The molecular weight excluding hydrogens is 204 g/mol. The number of hydrogen-bond acceptors (Lipinski definition) is 3. The highest BCUT2D eigenvalue weighted by Crippen LogP contribution is 2.26. The van der Waals surface area contributed by atoms with E-state index in [1.807, 2.05) is 0 Å². The van der Waals surface area contributed by atoms with Crippen LogP contribution in [0.3, 0.4) is 0 Å². The Labute approximate surface area is 82.9 Å². The predicted molar refractivity (Wildman–Crippen MR) is 52.0 cm³/mol. The lowest BCUT2D eigenvalue weighted by Gasteiger charge is -2.07. The first-order valence-corrected chi connectivity index (χ1v) is 5.60. The zero-order valence-electron chi connectivity index (χ0n) is 7.98. The first-order chi connectivity index (χ1) is 6.36. The third-order valence-electron chi connectivity index (χ3n) is 2.03. The van der Waals surface area contributed by atoms with Gasteiger partial charge in [0.25, 0.3) is 10.1 Å². The molecule has 0 radical (unpaired) electrons. The van der Waals surface area contributed by atoms with Crippen molar-refractivity contribution in [2.24, 2.45) is 0 Å². The van der Waals surface area contributed by atoms with E-state index in [-0.39, 0.29) is 10.6 Å². The minimum absolute atomic E-state index is 0.0832. The maximum Gasteiger partial charge on any atom is 0.294 e. The second kappa shape index (κ2) is 3.59. The Morgan fingerprint density at radius 1 is 1.36 bits per heavy atom. The SMILES string of the molecule is CCc1cc(S(=O)(=O)O)cc(C)c1O. The summed E-state index contributed by atoms with van der Waals surface area (Å²) in [5.41, 5.74) is 0.953. The maximum absolute atomic E-state index is 10.8. The van der Waals surface area contributed by atoms with Crippen molar-refractivity contribution < 1.29 is 18.1 Å². The molecule has 0 heterocycles. The molecule has 4 nitrogen and oxygen atoms in total. The van der Waals surface area contributed by atoms with Gasteiger partial charge in [-0.05, 0) is 36.6 Å². The summed E-state index contributed by atoms with van der Waals surface area (Å²) in [5.74, 6) is 0.0832. The normalized spacial score (nSPS) is 11.6. The van der Waals surface area contributed by atoms with E-state index in [0.717, 1.165) is 0 Å².